The number of rotatable bonds is 7. The molecule has 10 heteroatoms. The Balaban J connectivity index is 1.46. The molecule has 2 N–H and O–H groups in total. The topological polar surface area (TPSA) is 108 Å². The van der Waals surface area contributed by atoms with Crippen LogP contribution in [0, 0.1) is 0 Å². The van der Waals surface area contributed by atoms with E-state index in [0.29, 0.717) is 5.13 Å². The number of hydrogen-bond donors (Lipinski definition) is 2. The predicted octanol–water partition coefficient (Wildman–Crippen LogP) is 1.75. The number of nitrogens with one attached hydrogen (secondary N) is 2. The fraction of sp³-hybridized carbons (Fsp3) is 0.235. The summed E-state index contributed by atoms with van der Waals surface area (Å²) in [6, 6.07) is 9.30. The second kappa shape index (κ2) is 8.78. The SMILES string of the molecule is O=C(Cc1ccccc1)Nc1nc(C(=O)NCCN2C(=O)CSC2=O)cs1. The quantitative estimate of drug-likeness (QED) is 0.728. The van der Waals surface area contributed by atoms with Crippen LogP contribution in [0.5, 0.6) is 0 Å². The van der Waals surface area contributed by atoms with E-state index in [9.17, 15) is 19.2 Å². The van der Waals surface area contributed by atoms with Crippen molar-refractivity contribution >= 4 is 51.2 Å². The number of benzene rings is 1. The molecular weight excluding hydrogens is 388 g/mol. The molecule has 140 valence electrons. The molecule has 1 aliphatic rings. The summed E-state index contributed by atoms with van der Waals surface area (Å²) in [6.07, 6.45) is 0.220. The molecule has 0 saturated carbocycles. The lowest BCUT2D eigenvalue weighted by Crippen LogP contribution is -2.37. The van der Waals surface area contributed by atoms with Crippen molar-refractivity contribution in [2.75, 3.05) is 24.2 Å². The van der Waals surface area contributed by atoms with Crippen molar-refractivity contribution in [2.24, 2.45) is 0 Å². The van der Waals surface area contributed by atoms with Crippen molar-refractivity contribution in [2.45, 2.75) is 6.42 Å². The van der Waals surface area contributed by atoms with Gasteiger partial charge in [0.25, 0.3) is 11.1 Å². The summed E-state index contributed by atoms with van der Waals surface area (Å²) in [5, 5.41) is 6.85. The zero-order chi connectivity index (χ0) is 19.2. The number of anilines is 1. The Labute approximate surface area is 163 Å². The van der Waals surface area contributed by atoms with Gasteiger partial charge in [-0.3, -0.25) is 24.1 Å². The van der Waals surface area contributed by atoms with E-state index >= 15 is 0 Å². The Morgan fingerprint density at radius 2 is 1.96 bits per heavy atom. The van der Waals surface area contributed by atoms with Crippen molar-refractivity contribution < 1.29 is 19.2 Å². The molecular formula is C17H16N4O4S2. The van der Waals surface area contributed by atoms with Crippen molar-refractivity contribution in [1.29, 1.82) is 0 Å². The van der Waals surface area contributed by atoms with Gasteiger partial charge < -0.3 is 10.6 Å². The molecule has 1 aromatic carbocycles. The molecule has 1 aliphatic heterocycles. The zero-order valence-corrected chi connectivity index (χ0v) is 15.8. The lowest BCUT2D eigenvalue weighted by atomic mass is 10.1. The van der Waals surface area contributed by atoms with Crippen LogP contribution in [0.15, 0.2) is 35.7 Å². The van der Waals surface area contributed by atoms with E-state index < -0.39 is 5.91 Å². The minimum atomic E-state index is -0.429. The minimum Gasteiger partial charge on any atom is -0.349 e. The van der Waals surface area contributed by atoms with Crippen LogP contribution >= 0.6 is 23.1 Å². The van der Waals surface area contributed by atoms with E-state index in [-0.39, 0.29) is 48.0 Å². The van der Waals surface area contributed by atoms with Crippen LogP contribution in [0.4, 0.5) is 9.93 Å². The summed E-state index contributed by atoms with van der Waals surface area (Å²) in [6.45, 7) is 0.269. The Kier molecular flexibility index (Phi) is 6.20. The van der Waals surface area contributed by atoms with E-state index in [1.807, 2.05) is 30.3 Å². The first-order valence-corrected chi connectivity index (χ1v) is 9.94. The Hall–Kier alpha value is -2.72. The largest absolute Gasteiger partial charge is 0.349 e. The third-order valence-electron chi connectivity index (χ3n) is 3.65. The van der Waals surface area contributed by atoms with Gasteiger partial charge in [0.1, 0.15) is 5.69 Å². The average molecular weight is 404 g/mol. The normalized spacial score (nSPS) is 13.7. The monoisotopic (exact) mass is 404 g/mol. The fourth-order valence-corrected chi connectivity index (χ4v) is 3.81. The van der Waals surface area contributed by atoms with Crippen LogP contribution in [0.1, 0.15) is 16.1 Å². The second-order valence-corrected chi connectivity index (χ2v) is 7.39. The first kappa shape index (κ1) is 19.1. The standard InChI is InChI=1S/C17H16N4O4S2/c22-13(8-11-4-2-1-3-5-11)20-16-19-12(9-26-16)15(24)18-6-7-21-14(23)10-27-17(21)25/h1-5,9H,6-8,10H2,(H,18,24)(H,19,20,22). The van der Waals surface area contributed by atoms with Gasteiger partial charge in [-0.2, -0.15) is 0 Å². The van der Waals surface area contributed by atoms with Crippen LogP contribution in [-0.2, 0) is 16.0 Å². The summed E-state index contributed by atoms with van der Waals surface area (Å²) >= 11 is 2.10. The lowest BCUT2D eigenvalue weighted by Gasteiger charge is -2.12. The molecule has 1 aromatic heterocycles. The van der Waals surface area contributed by atoms with E-state index in [1.165, 1.54) is 5.38 Å². The molecule has 0 spiro atoms. The van der Waals surface area contributed by atoms with Gasteiger partial charge in [-0.25, -0.2) is 4.98 Å². The highest BCUT2D eigenvalue weighted by Crippen LogP contribution is 2.18. The molecule has 0 bridgehead atoms. The summed E-state index contributed by atoms with van der Waals surface area (Å²) < 4.78 is 0. The highest BCUT2D eigenvalue weighted by atomic mass is 32.2. The molecule has 3 rings (SSSR count). The van der Waals surface area contributed by atoms with E-state index in [0.717, 1.165) is 33.6 Å². The van der Waals surface area contributed by atoms with Crippen LogP contribution in [0.3, 0.4) is 0 Å². The maximum absolute atomic E-state index is 12.1. The zero-order valence-electron chi connectivity index (χ0n) is 14.1. The molecule has 0 unspecified atom stereocenters. The molecule has 8 nitrogen and oxygen atoms in total. The smallest absolute Gasteiger partial charge is 0.288 e. The van der Waals surface area contributed by atoms with Gasteiger partial charge in [-0.15, -0.1) is 11.3 Å². The molecule has 4 amide bonds. The summed E-state index contributed by atoms with van der Waals surface area (Å²) in [5.74, 6) is -0.755. The van der Waals surface area contributed by atoms with Gasteiger partial charge in [0.05, 0.1) is 12.2 Å². The van der Waals surface area contributed by atoms with Crippen molar-refractivity contribution in [3.05, 3.63) is 47.0 Å². The predicted molar refractivity (Wildman–Crippen MR) is 103 cm³/mol. The molecule has 27 heavy (non-hydrogen) atoms. The van der Waals surface area contributed by atoms with E-state index in [1.54, 1.807) is 0 Å². The second-order valence-electron chi connectivity index (χ2n) is 5.60. The van der Waals surface area contributed by atoms with Crippen molar-refractivity contribution in [3.8, 4) is 0 Å². The van der Waals surface area contributed by atoms with Crippen molar-refractivity contribution in [1.82, 2.24) is 15.2 Å². The molecule has 1 saturated heterocycles. The summed E-state index contributed by atoms with van der Waals surface area (Å²) in [5.41, 5.74) is 1.05. The van der Waals surface area contributed by atoms with Gasteiger partial charge in [0, 0.05) is 18.5 Å². The maximum atomic E-state index is 12.1. The van der Waals surface area contributed by atoms with Crippen LogP contribution in [0.2, 0.25) is 0 Å². The fourth-order valence-electron chi connectivity index (χ4n) is 2.35. The number of amides is 4. The summed E-state index contributed by atoms with van der Waals surface area (Å²) in [4.78, 5) is 52.3. The third kappa shape index (κ3) is 5.14. The van der Waals surface area contributed by atoms with Crippen LogP contribution in [-0.4, -0.2) is 51.7 Å². The van der Waals surface area contributed by atoms with Gasteiger partial charge in [0.15, 0.2) is 5.13 Å². The number of nitrogens with zero attached hydrogens (tertiary/aromatic N) is 2. The lowest BCUT2D eigenvalue weighted by molar-refractivity contribution is -0.124. The molecule has 1 fully saturated rings. The van der Waals surface area contributed by atoms with Gasteiger partial charge in [-0.1, -0.05) is 42.1 Å². The van der Waals surface area contributed by atoms with E-state index in [2.05, 4.69) is 15.6 Å². The highest BCUT2D eigenvalue weighted by molar-refractivity contribution is 8.14. The number of thiazole rings is 1. The molecule has 0 atom stereocenters. The minimum absolute atomic E-state index is 0.126. The number of thioether (sulfide) groups is 1. The molecule has 2 heterocycles. The van der Waals surface area contributed by atoms with Gasteiger partial charge in [-0.05, 0) is 5.56 Å². The van der Waals surface area contributed by atoms with Gasteiger partial charge >= 0.3 is 0 Å². The molecule has 0 radical (unpaired) electrons. The molecule has 2 aromatic rings. The van der Waals surface area contributed by atoms with Gasteiger partial charge in [0.2, 0.25) is 11.8 Å². The number of hydrogen-bond acceptors (Lipinski definition) is 7. The van der Waals surface area contributed by atoms with E-state index in [4.69, 9.17) is 0 Å². The van der Waals surface area contributed by atoms with Crippen LogP contribution in [0.25, 0.3) is 0 Å². The Morgan fingerprint density at radius 1 is 1.19 bits per heavy atom. The third-order valence-corrected chi connectivity index (χ3v) is 5.27. The number of carbonyl (C=O) groups is 4. The molecule has 0 aliphatic carbocycles. The first-order chi connectivity index (χ1) is 13.0. The van der Waals surface area contributed by atoms with Crippen molar-refractivity contribution in [3.63, 3.8) is 0 Å². The summed E-state index contributed by atoms with van der Waals surface area (Å²) in [7, 11) is 0. The average Bonchev–Trinajstić information content (AvgIpc) is 3.24. The number of imide groups is 1. The first-order valence-electron chi connectivity index (χ1n) is 8.07. The van der Waals surface area contributed by atoms with Crippen LogP contribution < -0.4 is 10.6 Å². The number of aromatic nitrogens is 1. The maximum Gasteiger partial charge on any atom is 0.288 e. The Morgan fingerprint density at radius 3 is 2.67 bits per heavy atom. The number of carbonyl (C=O) groups excluding carboxylic acids is 4. The Bertz CT molecular complexity index is 853. The highest BCUT2D eigenvalue weighted by Gasteiger charge is 2.29.